The van der Waals surface area contributed by atoms with E-state index >= 15 is 0 Å². The number of nitrogens with zero attached hydrogens (tertiary/aromatic N) is 3. The summed E-state index contributed by atoms with van der Waals surface area (Å²) < 4.78 is 5.00. The third-order valence-corrected chi connectivity index (χ3v) is 5.88. The molecule has 0 saturated carbocycles. The molecule has 1 saturated heterocycles. The number of aryl methyl sites for hydroxylation is 2. The second-order valence-electron chi connectivity index (χ2n) is 8.24. The molecule has 4 heterocycles. The Balaban J connectivity index is 0.000000275. The number of hydrogen-bond acceptors (Lipinski definition) is 5. The monoisotopic (exact) mass is 442 g/mol. The molecule has 0 radical (unpaired) electrons. The highest BCUT2D eigenvalue weighted by molar-refractivity contribution is 5.78. The Labute approximate surface area is 195 Å². The predicted molar refractivity (Wildman–Crippen MR) is 132 cm³/mol. The molecule has 1 amide bonds. The van der Waals surface area contributed by atoms with E-state index in [4.69, 9.17) is 4.74 Å². The zero-order valence-electron chi connectivity index (χ0n) is 19.3. The average molecular weight is 443 g/mol. The summed E-state index contributed by atoms with van der Waals surface area (Å²) in [5.41, 5.74) is 8.62. The number of anilines is 1. The van der Waals surface area contributed by atoms with E-state index in [2.05, 4.69) is 71.7 Å². The molecule has 2 aliphatic heterocycles. The first-order valence-corrected chi connectivity index (χ1v) is 11.4. The van der Waals surface area contributed by atoms with Gasteiger partial charge in [-0.05, 0) is 53.3 Å². The van der Waals surface area contributed by atoms with Crippen LogP contribution < -0.4 is 5.32 Å². The van der Waals surface area contributed by atoms with Crippen molar-refractivity contribution in [2.45, 2.75) is 26.7 Å². The Bertz CT molecular complexity index is 1140. The molecule has 2 aromatic heterocycles. The number of rotatable bonds is 4. The van der Waals surface area contributed by atoms with Gasteiger partial charge in [0.05, 0.1) is 13.2 Å². The maximum Gasteiger partial charge on any atom is 0.209 e. The predicted octanol–water partition coefficient (Wildman–Crippen LogP) is 4.50. The molecule has 2 aliphatic rings. The lowest BCUT2D eigenvalue weighted by Gasteiger charge is -2.21. The van der Waals surface area contributed by atoms with Crippen LogP contribution in [0, 0.1) is 6.92 Å². The topological polar surface area (TPSA) is 67.4 Å². The number of carbonyl (C=O) groups excluding carboxylic acids is 1. The van der Waals surface area contributed by atoms with E-state index in [1.54, 1.807) is 4.90 Å². The van der Waals surface area contributed by atoms with Gasteiger partial charge in [0.1, 0.15) is 5.82 Å². The highest BCUT2D eigenvalue weighted by atomic mass is 16.5. The fourth-order valence-electron chi connectivity index (χ4n) is 4.06. The molecule has 1 N–H and O–H groups in total. The number of fused-ring (bicyclic) bond motifs is 1. The van der Waals surface area contributed by atoms with Crippen molar-refractivity contribution in [3.05, 3.63) is 83.4 Å². The summed E-state index contributed by atoms with van der Waals surface area (Å²) in [5.74, 6) is 0.946. The van der Waals surface area contributed by atoms with Gasteiger partial charge in [-0.2, -0.15) is 0 Å². The number of ether oxygens (including phenoxy) is 1. The quantitative estimate of drug-likeness (QED) is 0.603. The summed E-state index contributed by atoms with van der Waals surface area (Å²) >= 11 is 0. The smallest absolute Gasteiger partial charge is 0.209 e. The molecule has 1 aromatic carbocycles. The van der Waals surface area contributed by atoms with Crippen molar-refractivity contribution in [3.63, 3.8) is 0 Å². The Hall–Kier alpha value is -3.51. The number of allylic oxidation sites excluding steroid dienone is 1. The van der Waals surface area contributed by atoms with Gasteiger partial charge in [-0.3, -0.25) is 9.78 Å². The summed E-state index contributed by atoms with van der Waals surface area (Å²) in [6.45, 7) is 7.16. The Morgan fingerprint density at radius 2 is 1.88 bits per heavy atom. The number of aromatic nitrogens is 2. The average Bonchev–Trinajstić information content (AvgIpc) is 2.89. The Morgan fingerprint density at radius 1 is 1.09 bits per heavy atom. The van der Waals surface area contributed by atoms with Crippen LogP contribution in [0.3, 0.4) is 0 Å². The van der Waals surface area contributed by atoms with Crippen molar-refractivity contribution in [1.82, 2.24) is 14.9 Å². The van der Waals surface area contributed by atoms with E-state index in [-0.39, 0.29) is 0 Å². The first-order chi connectivity index (χ1) is 16.2. The second-order valence-corrected chi connectivity index (χ2v) is 8.24. The van der Waals surface area contributed by atoms with Gasteiger partial charge in [0.2, 0.25) is 6.41 Å². The maximum absolute atomic E-state index is 10.0. The van der Waals surface area contributed by atoms with Gasteiger partial charge in [0.15, 0.2) is 0 Å². The van der Waals surface area contributed by atoms with Crippen LogP contribution >= 0.6 is 0 Å². The van der Waals surface area contributed by atoms with Crippen LogP contribution in [-0.2, 0) is 22.4 Å². The molecule has 0 atom stereocenters. The lowest BCUT2D eigenvalue weighted by Crippen LogP contribution is -2.34. The summed E-state index contributed by atoms with van der Waals surface area (Å²) in [6.07, 6.45) is 10.6. The third kappa shape index (κ3) is 5.65. The van der Waals surface area contributed by atoms with E-state index < -0.39 is 0 Å². The van der Waals surface area contributed by atoms with Gasteiger partial charge in [0, 0.05) is 55.4 Å². The standard InChI is InChI=1S/C22H21N3.C5H9NO2/c1-3-16-6-4-5-7-21(16)20-10-17-9-19(13-24-22(17)25-14-20)18-8-15(2)11-23-12-18;7-5-6-1-3-8-4-2-6/h4-9,11-14H,3,10H2,1-2H3,(H,24,25);5H,1-4H2. The van der Waals surface area contributed by atoms with Crippen LogP contribution in [0.4, 0.5) is 5.82 Å². The number of benzene rings is 1. The number of morpholine rings is 1. The van der Waals surface area contributed by atoms with E-state index in [0.29, 0.717) is 13.2 Å². The molecule has 3 aromatic rings. The first kappa shape index (κ1) is 22.7. The minimum Gasteiger partial charge on any atom is -0.378 e. The molecule has 5 rings (SSSR count). The number of nitrogens with one attached hydrogen (secondary N) is 1. The van der Waals surface area contributed by atoms with E-state index in [0.717, 1.165) is 54.8 Å². The minimum atomic E-state index is 0.693. The Kier molecular flexibility index (Phi) is 7.47. The second kappa shape index (κ2) is 10.9. The summed E-state index contributed by atoms with van der Waals surface area (Å²) in [4.78, 5) is 20.7. The molecule has 6 nitrogen and oxygen atoms in total. The van der Waals surface area contributed by atoms with Crippen molar-refractivity contribution < 1.29 is 9.53 Å². The summed E-state index contributed by atoms with van der Waals surface area (Å²) in [7, 11) is 0. The van der Waals surface area contributed by atoms with Crippen molar-refractivity contribution in [2.24, 2.45) is 0 Å². The van der Waals surface area contributed by atoms with Crippen molar-refractivity contribution in [3.8, 4) is 11.1 Å². The fraction of sp³-hybridized carbons (Fsp3) is 0.296. The zero-order valence-corrected chi connectivity index (χ0v) is 19.3. The molecule has 33 heavy (non-hydrogen) atoms. The number of amides is 1. The van der Waals surface area contributed by atoms with Gasteiger partial charge in [-0.1, -0.05) is 31.2 Å². The number of carbonyl (C=O) groups is 1. The van der Waals surface area contributed by atoms with E-state index in [1.807, 2.05) is 18.6 Å². The largest absolute Gasteiger partial charge is 0.378 e. The Morgan fingerprint density at radius 3 is 2.61 bits per heavy atom. The van der Waals surface area contributed by atoms with Crippen LogP contribution in [-0.4, -0.2) is 47.6 Å². The van der Waals surface area contributed by atoms with Crippen LogP contribution in [0.15, 0.2) is 61.2 Å². The SMILES string of the molecule is CCc1ccccc1C1=CNc2ncc(-c3cncc(C)c3)cc2C1.O=CN1CCOCC1. The summed E-state index contributed by atoms with van der Waals surface area (Å²) in [6, 6.07) is 13.0. The van der Waals surface area contributed by atoms with E-state index in [9.17, 15) is 4.79 Å². The van der Waals surface area contributed by atoms with Crippen molar-refractivity contribution in [1.29, 1.82) is 0 Å². The van der Waals surface area contributed by atoms with E-state index in [1.165, 1.54) is 22.3 Å². The molecule has 0 spiro atoms. The molecule has 6 heteroatoms. The normalized spacial score (nSPS) is 14.8. The van der Waals surface area contributed by atoms with Crippen molar-refractivity contribution >= 4 is 17.8 Å². The summed E-state index contributed by atoms with van der Waals surface area (Å²) in [5, 5.41) is 3.36. The fourth-order valence-corrected chi connectivity index (χ4v) is 4.06. The zero-order chi connectivity index (χ0) is 23.0. The molecule has 0 bridgehead atoms. The molecule has 170 valence electrons. The number of pyridine rings is 2. The van der Waals surface area contributed by atoms with Crippen LogP contribution in [0.2, 0.25) is 0 Å². The van der Waals surface area contributed by atoms with Crippen molar-refractivity contribution in [2.75, 3.05) is 31.6 Å². The van der Waals surface area contributed by atoms with Crippen LogP contribution in [0.1, 0.15) is 29.2 Å². The first-order valence-electron chi connectivity index (χ1n) is 11.4. The van der Waals surface area contributed by atoms with Gasteiger partial charge in [0.25, 0.3) is 0 Å². The lowest BCUT2D eigenvalue weighted by molar-refractivity contribution is -0.121. The van der Waals surface area contributed by atoms with Gasteiger partial charge >= 0.3 is 0 Å². The van der Waals surface area contributed by atoms with Gasteiger partial charge < -0.3 is 15.0 Å². The molecule has 1 fully saturated rings. The molecule has 0 unspecified atom stereocenters. The van der Waals surface area contributed by atoms with Crippen LogP contribution in [0.5, 0.6) is 0 Å². The third-order valence-electron chi connectivity index (χ3n) is 5.88. The maximum atomic E-state index is 10.0. The molecule has 0 aliphatic carbocycles. The lowest BCUT2D eigenvalue weighted by atomic mass is 9.92. The minimum absolute atomic E-state index is 0.693. The number of hydrogen-bond donors (Lipinski definition) is 1. The van der Waals surface area contributed by atoms with Gasteiger partial charge in [-0.15, -0.1) is 0 Å². The molecular formula is C27H30N4O2. The van der Waals surface area contributed by atoms with Gasteiger partial charge in [-0.25, -0.2) is 4.98 Å². The highest BCUT2D eigenvalue weighted by Gasteiger charge is 2.16. The molecular weight excluding hydrogens is 412 g/mol. The van der Waals surface area contributed by atoms with Crippen LogP contribution in [0.25, 0.3) is 16.7 Å². The highest BCUT2D eigenvalue weighted by Crippen LogP contribution is 2.32.